The number of H-pyrrole nitrogens is 1. The van der Waals surface area contributed by atoms with E-state index in [4.69, 9.17) is 4.74 Å². The van der Waals surface area contributed by atoms with E-state index >= 15 is 0 Å². The van der Waals surface area contributed by atoms with Crippen LogP contribution in [0, 0.1) is 0 Å². The highest BCUT2D eigenvalue weighted by Crippen LogP contribution is 2.44. The number of amides is 2. The molecule has 0 unspecified atom stereocenters. The van der Waals surface area contributed by atoms with E-state index in [1.165, 1.54) is 4.90 Å². The van der Waals surface area contributed by atoms with Gasteiger partial charge in [-0.3, -0.25) is 19.4 Å². The summed E-state index contributed by atoms with van der Waals surface area (Å²) < 4.78 is 5.61. The van der Waals surface area contributed by atoms with Gasteiger partial charge < -0.3 is 14.6 Å². The van der Waals surface area contributed by atoms with E-state index in [1.807, 2.05) is 0 Å². The molecule has 1 fully saturated rings. The standard InChI is InChI=1S/C23H25N5O3/c1-26-8-10-27(11-9-26)12-28-22(29)16-13-4-3-5-14(13)20-18(19(16)23(28)30)17-15(31-2)6-7-24-21(17)25-20/h6-7H,3-5,8-12H2,1-2H3,(H,24,25). The van der Waals surface area contributed by atoms with Crippen LogP contribution >= 0.6 is 0 Å². The summed E-state index contributed by atoms with van der Waals surface area (Å²) in [7, 11) is 3.71. The van der Waals surface area contributed by atoms with Crippen LogP contribution in [-0.2, 0) is 12.8 Å². The van der Waals surface area contributed by atoms with Gasteiger partial charge in [-0.05, 0) is 43.5 Å². The largest absolute Gasteiger partial charge is 0.496 e. The number of methoxy groups -OCH3 is 1. The first-order valence-corrected chi connectivity index (χ1v) is 10.9. The highest BCUT2D eigenvalue weighted by Gasteiger charge is 2.43. The van der Waals surface area contributed by atoms with Crippen molar-refractivity contribution in [2.45, 2.75) is 19.3 Å². The van der Waals surface area contributed by atoms with Crippen molar-refractivity contribution in [3.05, 3.63) is 34.5 Å². The van der Waals surface area contributed by atoms with Crippen molar-refractivity contribution in [2.75, 3.05) is 47.0 Å². The number of rotatable bonds is 3. The molecule has 1 aromatic carbocycles. The van der Waals surface area contributed by atoms with Crippen molar-refractivity contribution in [1.82, 2.24) is 24.7 Å². The molecule has 4 heterocycles. The molecular weight excluding hydrogens is 394 g/mol. The Morgan fingerprint density at radius 2 is 1.77 bits per heavy atom. The third kappa shape index (κ3) is 2.58. The molecule has 3 aliphatic rings. The Bertz CT molecular complexity index is 1260. The molecule has 8 heteroatoms. The normalized spacial score (nSPS) is 19.6. The summed E-state index contributed by atoms with van der Waals surface area (Å²) in [6.45, 7) is 3.92. The van der Waals surface area contributed by atoms with Gasteiger partial charge >= 0.3 is 0 Å². The minimum absolute atomic E-state index is 0.156. The van der Waals surface area contributed by atoms with Crippen LogP contribution in [0.15, 0.2) is 12.3 Å². The average Bonchev–Trinajstić information content (AvgIpc) is 3.46. The maximum atomic E-state index is 13.7. The van der Waals surface area contributed by atoms with E-state index in [0.29, 0.717) is 29.2 Å². The SMILES string of the molecule is COc1ccnc2[nH]c3c4c(c5c(c3c12)C(=O)N(CN1CCN(C)CC1)C5=O)CCC4. The molecule has 160 valence electrons. The van der Waals surface area contributed by atoms with E-state index in [0.717, 1.165) is 72.9 Å². The second kappa shape index (κ2) is 6.77. The monoisotopic (exact) mass is 419 g/mol. The summed E-state index contributed by atoms with van der Waals surface area (Å²) in [4.78, 5) is 41.1. The van der Waals surface area contributed by atoms with Gasteiger partial charge in [0.25, 0.3) is 11.8 Å². The van der Waals surface area contributed by atoms with Gasteiger partial charge in [-0.25, -0.2) is 4.98 Å². The van der Waals surface area contributed by atoms with Gasteiger partial charge in [0.2, 0.25) is 0 Å². The molecule has 8 nitrogen and oxygen atoms in total. The van der Waals surface area contributed by atoms with Crippen molar-refractivity contribution in [2.24, 2.45) is 0 Å². The van der Waals surface area contributed by atoms with E-state index < -0.39 is 0 Å². The fourth-order valence-corrected chi connectivity index (χ4v) is 5.43. The van der Waals surface area contributed by atoms with Gasteiger partial charge in [0.1, 0.15) is 11.4 Å². The van der Waals surface area contributed by atoms with E-state index in [-0.39, 0.29) is 11.8 Å². The molecule has 1 aliphatic carbocycles. The van der Waals surface area contributed by atoms with Crippen molar-refractivity contribution in [3.63, 3.8) is 0 Å². The van der Waals surface area contributed by atoms with Crippen LogP contribution in [0.2, 0.25) is 0 Å². The van der Waals surface area contributed by atoms with E-state index in [9.17, 15) is 9.59 Å². The molecule has 1 saturated heterocycles. The molecule has 0 radical (unpaired) electrons. The maximum absolute atomic E-state index is 13.7. The summed E-state index contributed by atoms with van der Waals surface area (Å²) in [6.07, 6.45) is 4.41. The molecule has 2 amide bonds. The number of ether oxygens (including phenoxy) is 1. The number of nitrogens with zero attached hydrogens (tertiary/aromatic N) is 4. The number of hydrogen-bond acceptors (Lipinski definition) is 6. The maximum Gasteiger partial charge on any atom is 0.263 e. The van der Waals surface area contributed by atoms with Crippen molar-refractivity contribution >= 4 is 33.8 Å². The quantitative estimate of drug-likeness (QED) is 0.654. The molecule has 1 N–H and O–H groups in total. The number of imide groups is 1. The first-order valence-electron chi connectivity index (χ1n) is 10.9. The molecule has 3 aromatic rings. The van der Waals surface area contributed by atoms with E-state index in [1.54, 1.807) is 19.4 Å². The number of piperazine rings is 1. The van der Waals surface area contributed by atoms with Gasteiger partial charge in [-0.2, -0.15) is 0 Å². The summed E-state index contributed by atoms with van der Waals surface area (Å²) in [5.41, 5.74) is 4.93. The lowest BCUT2D eigenvalue weighted by molar-refractivity contribution is 0.0476. The highest BCUT2D eigenvalue weighted by atomic mass is 16.5. The van der Waals surface area contributed by atoms with Crippen molar-refractivity contribution in [1.29, 1.82) is 0 Å². The van der Waals surface area contributed by atoms with Crippen LogP contribution in [0.5, 0.6) is 5.75 Å². The predicted octanol–water partition coefficient (Wildman–Crippen LogP) is 2.01. The number of nitrogens with one attached hydrogen (secondary N) is 1. The van der Waals surface area contributed by atoms with Crippen LogP contribution in [0.3, 0.4) is 0 Å². The third-order valence-corrected chi connectivity index (χ3v) is 7.05. The summed E-state index contributed by atoms with van der Waals surface area (Å²) >= 11 is 0. The minimum atomic E-state index is -0.203. The first-order chi connectivity index (χ1) is 15.1. The third-order valence-electron chi connectivity index (χ3n) is 7.05. The molecule has 0 bridgehead atoms. The van der Waals surface area contributed by atoms with Crippen LogP contribution in [0.4, 0.5) is 0 Å². The number of aromatic nitrogens is 2. The fourth-order valence-electron chi connectivity index (χ4n) is 5.43. The highest BCUT2D eigenvalue weighted by molar-refractivity contribution is 6.31. The molecule has 0 atom stereocenters. The number of likely N-dealkylation sites (N-methyl/N-ethyl adjacent to an activating group) is 1. The number of fused-ring (bicyclic) bond motifs is 8. The van der Waals surface area contributed by atoms with Crippen LogP contribution in [-0.4, -0.2) is 83.5 Å². The van der Waals surface area contributed by atoms with E-state index in [2.05, 4.69) is 26.8 Å². The number of hydrogen-bond donors (Lipinski definition) is 1. The topological polar surface area (TPSA) is 81.8 Å². The first kappa shape index (κ1) is 18.8. The fraction of sp³-hybridized carbons (Fsp3) is 0.435. The van der Waals surface area contributed by atoms with Gasteiger partial charge in [-0.15, -0.1) is 0 Å². The zero-order valence-corrected chi connectivity index (χ0v) is 17.8. The van der Waals surface area contributed by atoms with Crippen molar-refractivity contribution < 1.29 is 14.3 Å². The molecule has 0 spiro atoms. The molecule has 2 aromatic heterocycles. The molecule has 2 aliphatic heterocycles. The molecule has 6 rings (SSSR count). The zero-order valence-electron chi connectivity index (χ0n) is 17.8. The second-order valence-corrected chi connectivity index (χ2v) is 8.77. The van der Waals surface area contributed by atoms with Crippen molar-refractivity contribution in [3.8, 4) is 5.75 Å². The second-order valence-electron chi connectivity index (χ2n) is 8.77. The average molecular weight is 419 g/mol. The predicted molar refractivity (Wildman–Crippen MR) is 117 cm³/mol. The molecule has 0 saturated carbocycles. The van der Waals surface area contributed by atoms with Gasteiger partial charge in [0, 0.05) is 37.8 Å². The Kier molecular flexibility index (Phi) is 4.10. The van der Waals surface area contributed by atoms with Gasteiger partial charge in [0.15, 0.2) is 0 Å². The Balaban J connectivity index is 1.55. The van der Waals surface area contributed by atoms with Crippen LogP contribution < -0.4 is 4.74 Å². The number of pyridine rings is 1. The summed E-state index contributed by atoms with van der Waals surface area (Å²) in [5, 5.41) is 1.57. The number of carbonyl (C=O) groups excluding carboxylic acids is 2. The zero-order chi connectivity index (χ0) is 21.3. The Morgan fingerprint density at radius 3 is 2.55 bits per heavy atom. The number of aromatic amines is 1. The number of carbonyl (C=O) groups is 2. The number of benzene rings is 1. The summed E-state index contributed by atoms with van der Waals surface area (Å²) in [6, 6.07) is 1.80. The Hall–Kier alpha value is -2.97. The van der Waals surface area contributed by atoms with Crippen LogP contribution in [0.25, 0.3) is 21.9 Å². The lowest BCUT2D eigenvalue weighted by Gasteiger charge is -2.34. The van der Waals surface area contributed by atoms with Gasteiger partial charge in [-0.1, -0.05) is 0 Å². The minimum Gasteiger partial charge on any atom is -0.496 e. The number of aryl methyl sites for hydroxylation is 1. The Morgan fingerprint density at radius 1 is 1.03 bits per heavy atom. The molecule has 31 heavy (non-hydrogen) atoms. The molecular formula is C23H25N5O3. The smallest absolute Gasteiger partial charge is 0.263 e. The van der Waals surface area contributed by atoms with Gasteiger partial charge in [0.05, 0.1) is 35.8 Å². The summed E-state index contributed by atoms with van der Waals surface area (Å²) in [5.74, 6) is 0.302. The lowest BCUT2D eigenvalue weighted by atomic mass is 9.94. The Labute approximate surface area is 179 Å². The lowest BCUT2D eigenvalue weighted by Crippen LogP contribution is -2.50. The van der Waals surface area contributed by atoms with Crippen LogP contribution in [0.1, 0.15) is 38.3 Å².